The molecule has 7 nitrogen and oxygen atoms in total. The van der Waals surface area contributed by atoms with Crippen LogP contribution in [0.4, 0.5) is 0 Å². The third kappa shape index (κ3) is 4.09. The van der Waals surface area contributed by atoms with E-state index in [9.17, 15) is 14.4 Å². The number of hydrogen-bond acceptors (Lipinski definition) is 6. The predicted molar refractivity (Wildman–Crippen MR) is 66.3 cm³/mol. The Morgan fingerprint density at radius 3 is 2.11 bits per heavy atom. The van der Waals surface area contributed by atoms with Crippen molar-refractivity contribution in [1.29, 1.82) is 0 Å². The second-order valence-corrected chi connectivity index (χ2v) is 4.14. The summed E-state index contributed by atoms with van der Waals surface area (Å²) < 4.78 is 14.1. The first-order valence-electron chi connectivity index (χ1n) is 5.15. The summed E-state index contributed by atoms with van der Waals surface area (Å²) in [6.07, 6.45) is 1.31. The summed E-state index contributed by atoms with van der Waals surface area (Å²) in [6, 6.07) is 1.42. The zero-order chi connectivity index (χ0) is 14.4. The molecule has 0 unspecified atom stereocenters. The van der Waals surface area contributed by atoms with Crippen LogP contribution in [0.15, 0.2) is 21.4 Å². The third-order valence-electron chi connectivity index (χ3n) is 2.23. The summed E-state index contributed by atoms with van der Waals surface area (Å²) in [5.74, 6) is -1.83. The topological polar surface area (TPSA) is 86.0 Å². The van der Waals surface area contributed by atoms with E-state index in [2.05, 4.69) is 25.4 Å². The number of carbonyl (C=O) groups excluding carboxylic acids is 3. The van der Waals surface area contributed by atoms with Gasteiger partial charge in [-0.2, -0.15) is 0 Å². The standard InChI is InChI=1S/C11H12BrNO6/c1-17-8(14)5-13(6-9(15)18-2)11(16)7-3-4-19-10(7)12/h3-4H,5-6H2,1-2H3. The summed E-state index contributed by atoms with van der Waals surface area (Å²) in [4.78, 5) is 35.7. The fraction of sp³-hybridized carbons (Fsp3) is 0.364. The van der Waals surface area contributed by atoms with Crippen LogP contribution in [0.3, 0.4) is 0 Å². The van der Waals surface area contributed by atoms with Crippen LogP contribution in [-0.2, 0) is 19.1 Å². The van der Waals surface area contributed by atoms with Crippen LogP contribution in [0.5, 0.6) is 0 Å². The molecule has 104 valence electrons. The molecule has 0 aliphatic carbocycles. The summed E-state index contributed by atoms with van der Waals surface area (Å²) in [6.45, 7) is -0.718. The van der Waals surface area contributed by atoms with E-state index < -0.39 is 17.8 Å². The van der Waals surface area contributed by atoms with Crippen molar-refractivity contribution in [3.05, 3.63) is 22.6 Å². The van der Waals surface area contributed by atoms with E-state index in [0.29, 0.717) is 0 Å². The smallest absolute Gasteiger partial charge is 0.325 e. The van der Waals surface area contributed by atoms with E-state index in [4.69, 9.17) is 4.42 Å². The Balaban J connectivity index is 2.89. The van der Waals surface area contributed by atoms with Crippen molar-refractivity contribution in [3.8, 4) is 0 Å². The molecule has 1 heterocycles. The number of esters is 2. The molecule has 0 bridgehead atoms. The SMILES string of the molecule is COC(=O)CN(CC(=O)OC)C(=O)c1ccoc1Br. The van der Waals surface area contributed by atoms with Crippen LogP contribution in [0, 0.1) is 0 Å². The van der Waals surface area contributed by atoms with E-state index in [-0.39, 0.29) is 23.3 Å². The maximum absolute atomic E-state index is 12.2. The lowest BCUT2D eigenvalue weighted by Gasteiger charge is -2.19. The summed E-state index contributed by atoms with van der Waals surface area (Å²) in [5.41, 5.74) is 0.202. The molecule has 0 atom stereocenters. The Bertz CT molecular complexity index is 465. The maximum Gasteiger partial charge on any atom is 0.325 e. The molecule has 1 aromatic rings. The maximum atomic E-state index is 12.2. The molecule has 0 N–H and O–H groups in total. The zero-order valence-electron chi connectivity index (χ0n) is 10.3. The monoisotopic (exact) mass is 333 g/mol. The van der Waals surface area contributed by atoms with Gasteiger partial charge in [0, 0.05) is 0 Å². The summed E-state index contributed by atoms with van der Waals surface area (Å²) >= 11 is 3.06. The second-order valence-electron chi connectivity index (χ2n) is 3.42. The lowest BCUT2D eigenvalue weighted by atomic mass is 10.3. The lowest BCUT2D eigenvalue weighted by Crippen LogP contribution is -2.40. The van der Waals surface area contributed by atoms with Gasteiger partial charge in [0.1, 0.15) is 13.1 Å². The summed E-state index contributed by atoms with van der Waals surface area (Å²) in [7, 11) is 2.38. The quantitative estimate of drug-likeness (QED) is 0.742. The van der Waals surface area contributed by atoms with Crippen molar-refractivity contribution in [2.45, 2.75) is 0 Å². The van der Waals surface area contributed by atoms with E-state index in [1.165, 1.54) is 26.5 Å². The van der Waals surface area contributed by atoms with Gasteiger partial charge in [0.05, 0.1) is 26.0 Å². The van der Waals surface area contributed by atoms with E-state index in [0.717, 1.165) is 4.90 Å². The van der Waals surface area contributed by atoms with Crippen molar-refractivity contribution >= 4 is 33.8 Å². The average Bonchev–Trinajstić information content (AvgIpc) is 2.82. The second kappa shape index (κ2) is 6.93. The number of methoxy groups -OCH3 is 2. The van der Waals surface area contributed by atoms with Crippen molar-refractivity contribution in [1.82, 2.24) is 4.90 Å². The molecule has 0 spiro atoms. The van der Waals surface area contributed by atoms with Gasteiger partial charge < -0.3 is 18.8 Å². The molecule has 1 rings (SSSR count). The van der Waals surface area contributed by atoms with Gasteiger partial charge in [-0.05, 0) is 22.0 Å². The van der Waals surface area contributed by atoms with Gasteiger partial charge in [0.15, 0.2) is 4.67 Å². The first kappa shape index (κ1) is 15.2. The van der Waals surface area contributed by atoms with Gasteiger partial charge in [-0.15, -0.1) is 0 Å². The molecular weight excluding hydrogens is 322 g/mol. The molecule has 1 amide bonds. The Morgan fingerprint density at radius 2 is 1.74 bits per heavy atom. The van der Waals surface area contributed by atoms with Gasteiger partial charge in [0.2, 0.25) is 0 Å². The first-order valence-corrected chi connectivity index (χ1v) is 5.94. The van der Waals surface area contributed by atoms with Gasteiger partial charge in [-0.1, -0.05) is 0 Å². The van der Waals surface area contributed by atoms with Crippen LogP contribution in [0.1, 0.15) is 10.4 Å². The molecule has 0 saturated carbocycles. The normalized spacial score (nSPS) is 9.84. The highest BCUT2D eigenvalue weighted by Gasteiger charge is 2.25. The van der Waals surface area contributed by atoms with Crippen molar-refractivity contribution in [2.24, 2.45) is 0 Å². The van der Waals surface area contributed by atoms with Crippen molar-refractivity contribution < 1.29 is 28.3 Å². The first-order chi connectivity index (χ1) is 8.99. The number of rotatable bonds is 5. The molecule has 0 aliphatic rings. The van der Waals surface area contributed by atoms with E-state index in [1.807, 2.05) is 0 Å². The Hall–Kier alpha value is -1.83. The highest BCUT2D eigenvalue weighted by molar-refractivity contribution is 9.10. The minimum Gasteiger partial charge on any atom is -0.468 e. The number of amides is 1. The number of ether oxygens (including phenoxy) is 2. The Labute approximate surface area is 117 Å². The average molecular weight is 334 g/mol. The minimum atomic E-state index is -0.642. The number of halogens is 1. The fourth-order valence-corrected chi connectivity index (χ4v) is 1.67. The Kier molecular flexibility index (Phi) is 5.56. The van der Waals surface area contributed by atoms with Crippen LogP contribution in [0.2, 0.25) is 0 Å². The molecule has 8 heteroatoms. The molecule has 19 heavy (non-hydrogen) atoms. The van der Waals surface area contributed by atoms with Crippen LogP contribution in [-0.4, -0.2) is 50.1 Å². The molecule has 0 aromatic carbocycles. The molecule has 0 aliphatic heterocycles. The van der Waals surface area contributed by atoms with Crippen LogP contribution < -0.4 is 0 Å². The van der Waals surface area contributed by atoms with Gasteiger partial charge in [-0.25, -0.2) is 0 Å². The Morgan fingerprint density at radius 1 is 1.21 bits per heavy atom. The molecule has 0 radical (unpaired) electrons. The van der Waals surface area contributed by atoms with Crippen LogP contribution >= 0.6 is 15.9 Å². The molecule has 0 fully saturated rings. The molecule has 1 aromatic heterocycles. The molecular formula is C11H12BrNO6. The van der Waals surface area contributed by atoms with E-state index in [1.54, 1.807) is 0 Å². The number of nitrogens with zero attached hydrogens (tertiary/aromatic N) is 1. The zero-order valence-corrected chi connectivity index (χ0v) is 11.9. The fourth-order valence-electron chi connectivity index (χ4n) is 1.26. The predicted octanol–water partition coefficient (Wildman–Crippen LogP) is 0.830. The van der Waals surface area contributed by atoms with Gasteiger partial charge in [0.25, 0.3) is 5.91 Å². The molecule has 0 saturated heterocycles. The van der Waals surface area contributed by atoms with Crippen LogP contribution in [0.25, 0.3) is 0 Å². The van der Waals surface area contributed by atoms with Gasteiger partial charge in [-0.3, -0.25) is 14.4 Å². The minimum absolute atomic E-state index is 0.202. The van der Waals surface area contributed by atoms with Crippen molar-refractivity contribution in [2.75, 3.05) is 27.3 Å². The lowest BCUT2D eigenvalue weighted by molar-refractivity contribution is -0.144. The largest absolute Gasteiger partial charge is 0.468 e. The highest BCUT2D eigenvalue weighted by Crippen LogP contribution is 2.19. The van der Waals surface area contributed by atoms with Crippen molar-refractivity contribution in [3.63, 3.8) is 0 Å². The number of hydrogen-bond donors (Lipinski definition) is 0. The number of carbonyl (C=O) groups is 3. The highest BCUT2D eigenvalue weighted by atomic mass is 79.9. The third-order valence-corrected chi connectivity index (χ3v) is 2.84. The number of furan rings is 1. The summed E-state index contributed by atoms with van der Waals surface area (Å²) in [5, 5.41) is 0. The van der Waals surface area contributed by atoms with E-state index >= 15 is 0 Å². The van der Waals surface area contributed by atoms with Gasteiger partial charge >= 0.3 is 11.9 Å².